The second-order valence-electron chi connectivity index (χ2n) is 5.11. The van der Waals surface area contributed by atoms with E-state index in [1.165, 1.54) is 0 Å². The van der Waals surface area contributed by atoms with Crippen molar-refractivity contribution in [3.63, 3.8) is 0 Å². The summed E-state index contributed by atoms with van der Waals surface area (Å²) in [6, 6.07) is 15.7. The van der Waals surface area contributed by atoms with Crippen LogP contribution in [0.15, 0.2) is 53.0 Å². The van der Waals surface area contributed by atoms with Gasteiger partial charge in [0.15, 0.2) is 0 Å². The van der Waals surface area contributed by atoms with Gasteiger partial charge >= 0.3 is 0 Å². The number of halogens is 2. The molecule has 2 rings (SSSR count). The molecular formula is C16H16BrClO. The molecule has 0 aromatic heterocycles. The zero-order chi connectivity index (χ0) is 13.9. The standard InChI is InChI=1S/C16H16BrClO/c1-16(19,10-12-5-7-14(17)8-6-12)11-13-3-2-4-15(18)9-13/h2-9,19H,10-11H2,1H3. The predicted octanol–water partition coefficient (Wildman–Crippen LogP) is 4.64. The number of rotatable bonds is 4. The fourth-order valence-electron chi connectivity index (χ4n) is 2.19. The summed E-state index contributed by atoms with van der Waals surface area (Å²) in [4.78, 5) is 0. The van der Waals surface area contributed by atoms with Gasteiger partial charge in [0.25, 0.3) is 0 Å². The van der Waals surface area contributed by atoms with E-state index < -0.39 is 5.60 Å². The molecule has 0 heterocycles. The molecule has 0 bridgehead atoms. The Hall–Kier alpha value is -0.830. The van der Waals surface area contributed by atoms with Crippen molar-refractivity contribution in [1.82, 2.24) is 0 Å². The Balaban J connectivity index is 2.07. The Morgan fingerprint density at radius 1 is 1.05 bits per heavy atom. The van der Waals surface area contributed by atoms with Gasteiger partial charge in [-0.05, 0) is 42.3 Å². The molecule has 19 heavy (non-hydrogen) atoms. The minimum Gasteiger partial charge on any atom is -0.389 e. The van der Waals surface area contributed by atoms with Crippen LogP contribution in [0.4, 0.5) is 0 Å². The maximum atomic E-state index is 10.5. The zero-order valence-corrected chi connectivity index (χ0v) is 13.1. The van der Waals surface area contributed by atoms with Crippen LogP contribution in [0.3, 0.4) is 0 Å². The second-order valence-corrected chi connectivity index (χ2v) is 6.46. The van der Waals surface area contributed by atoms with Gasteiger partial charge in [0, 0.05) is 22.3 Å². The molecule has 0 saturated carbocycles. The molecule has 1 atom stereocenters. The van der Waals surface area contributed by atoms with E-state index in [2.05, 4.69) is 15.9 Å². The third-order valence-corrected chi connectivity index (χ3v) is 3.74. The van der Waals surface area contributed by atoms with Crippen LogP contribution in [0.5, 0.6) is 0 Å². The van der Waals surface area contributed by atoms with Crippen molar-refractivity contribution in [2.45, 2.75) is 25.4 Å². The van der Waals surface area contributed by atoms with Crippen molar-refractivity contribution in [2.24, 2.45) is 0 Å². The quantitative estimate of drug-likeness (QED) is 0.860. The Morgan fingerprint density at radius 3 is 2.32 bits per heavy atom. The predicted molar refractivity (Wildman–Crippen MR) is 83.6 cm³/mol. The molecule has 0 aliphatic carbocycles. The first-order valence-corrected chi connectivity index (χ1v) is 7.33. The van der Waals surface area contributed by atoms with Crippen LogP contribution in [0.2, 0.25) is 5.02 Å². The van der Waals surface area contributed by atoms with Gasteiger partial charge in [-0.2, -0.15) is 0 Å². The highest BCUT2D eigenvalue weighted by Gasteiger charge is 2.21. The van der Waals surface area contributed by atoms with E-state index in [4.69, 9.17) is 11.6 Å². The molecule has 2 aromatic rings. The molecule has 2 aromatic carbocycles. The molecular weight excluding hydrogens is 324 g/mol. The van der Waals surface area contributed by atoms with Gasteiger partial charge in [0.2, 0.25) is 0 Å². The van der Waals surface area contributed by atoms with Gasteiger partial charge in [0.1, 0.15) is 0 Å². The SMILES string of the molecule is CC(O)(Cc1ccc(Br)cc1)Cc1cccc(Cl)c1. The summed E-state index contributed by atoms with van der Waals surface area (Å²) in [5.41, 5.74) is 1.39. The minimum absolute atomic E-state index is 0.587. The first-order valence-electron chi connectivity index (χ1n) is 6.16. The molecule has 0 amide bonds. The van der Waals surface area contributed by atoms with Crippen molar-refractivity contribution >= 4 is 27.5 Å². The number of aliphatic hydroxyl groups is 1. The Bertz CT molecular complexity index is 549. The summed E-state index contributed by atoms with van der Waals surface area (Å²) in [6.07, 6.45) is 1.20. The molecule has 100 valence electrons. The molecule has 1 nitrogen and oxygen atoms in total. The first-order chi connectivity index (χ1) is 8.94. The fourth-order valence-corrected chi connectivity index (χ4v) is 2.67. The van der Waals surface area contributed by atoms with E-state index in [1.54, 1.807) is 0 Å². The van der Waals surface area contributed by atoms with Gasteiger partial charge < -0.3 is 5.11 Å². The lowest BCUT2D eigenvalue weighted by Gasteiger charge is -2.23. The number of benzene rings is 2. The summed E-state index contributed by atoms with van der Waals surface area (Å²) in [6.45, 7) is 1.86. The Morgan fingerprint density at radius 2 is 1.68 bits per heavy atom. The molecule has 0 spiro atoms. The largest absolute Gasteiger partial charge is 0.389 e. The Kier molecular flexibility index (Phi) is 4.67. The van der Waals surface area contributed by atoms with Gasteiger partial charge in [-0.25, -0.2) is 0 Å². The molecule has 0 saturated heterocycles. The lowest BCUT2D eigenvalue weighted by Crippen LogP contribution is -2.30. The van der Waals surface area contributed by atoms with Crippen LogP contribution >= 0.6 is 27.5 Å². The summed E-state index contributed by atoms with van der Waals surface area (Å²) >= 11 is 9.37. The highest BCUT2D eigenvalue weighted by molar-refractivity contribution is 9.10. The van der Waals surface area contributed by atoms with Crippen LogP contribution in [-0.4, -0.2) is 10.7 Å². The first kappa shape index (κ1) is 14.6. The fraction of sp³-hybridized carbons (Fsp3) is 0.250. The molecule has 1 unspecified atom stereocenters. The van der Waals surface area contributed by atoms with Crippen LogP contribution < -0.4 is 0 Å². The molecule has 0 aliphatic rings. The van der Waals surface area contributed by atoms with Crippen molar-refractivity contribution in [1.29, 1.82) is 0 Å². The highest BCUT2D eigenvalue weighted by Crippen LogP contribution is 2.21. The summed E-state index contributed by atoms with van der Waals surface area (Å²) in [5.74, 6) is 0. The van der Waals surface area contributed by atoms with Crippen molar-refractivity contribution < 1.29 is 5.11 Å². The topological polar surface area (TPSA) is 20.2 Å². The average Bonchev–Trinajstić information content (AvgIpc) is 2.31. The molecule has 1 N–H and O–H groups in total. The lowest BCUT2D eigenvalue weighted by molar-refractivity contribution is 0.0608. The van der Waals surface area contributed by atoms with E-state index in [-0.39, 0.29) is 0 Å². The Labute approximate surface area is 127 Å². The summed E-state index contributed by atoms with van der Waals surface area (Å²) in [7, 11) is 0. The summed E-state index contributed by atoms with van der Waals surface area (Å²) < 4.78 is 1.05. The van der Waals surface area contributed by atoms with E-state index in [0.717, 1.165) is 15.6 Å². The van der Waals surface area contributed by atoms with Crippen molar-refractivity contribution in [3.8, 4) is 0 Å². The number of hydrogen-bond acceptors (Lipinski definition) is 1. The third-order valence-electron chi connectivity index (χ3n) is 2.97. The van der Waals surface area contributed by atoms with Crippen molar-refractivity contribution in [2.75, 3.05) is 0 Å². The number of hydrogen-bond donors (Lipinski definition) is 1. The average molecular weight is 340 g/mol. The van der Waals surface area contributed by atoms with Crippen LogP contribution in [0.1, 0.15) is 18.1 Å². The molecule has 0 fully saturated rings. The molecule has 0 radical (unpaired) electrons. The van der Waals surface area contributed by atoms with Crippen LogP contribution in [0, 0.1) is 0 Å². The highest BCUT2D eigenvalue weighted by atomic mass is 79.9. The zero-order valence-electron chi connectivity index (χ0n) is 10.7. The minimum atomic E-state index is -0.779. The molecule has 3 heteroatoms. The second kappa shape index (κ2) is 6.08. The van der Waals surface area contributed by atoms with E-state index in [1.807, 2.05) is 55.5 Å². The van der Waals surface area contributed by atoms with Gasteiger partial charge in [-0.1, -0.05) is 51.8 Å². The van der Waals surface area contributed by atoms with Crippen molar-refractivity contribution in [3.05, 3.63) is 69.2 Å². The maximum absolute atomic E-state index is 10.5. The smallest absolute Gasteiger partial charge is 0.0700 e. The van der Waals surface area contributed by atoms with E-state index >= 15 is 0 Å². The third kappa shape index (κ3) is 4.64. The van der Waals surface area contributed by atoms with Gasteiger partial charge in [0.05, 0.1) is 5.60 Å². The summed E-state index contributed by atoms with van der Waals surface area (Å²) in [5, 5.41) is 11.2. The van der Waals surface area contributed by atoms with E-state index in [9.17, 15) is 5.11 Å². The van der Waals surface area contributed by atoms with Gasteiger partial charge in [-0.15, -0.1) is 0 Å². The lowest BCUT2D eigenvalue weighted by atomic mass is 9.90. The monoisotopic (exact) mass is 338 g/mol. The van der Waals surface area contributed by atoms with Gasteiger partial charge in [-0.3, -0.25) is 0 Å². The van der Waals surface area contributed by atoms with E-state index in [0.29, 0.717) is 17.9 Å². The van der Waals surface area contributed by atoms with Crippen LogP contribution in [0.25, 0.3) is 0 Å². The maximum Gasteiger partial charge on any atom is 0.0700 e. The van der Waals surface area contributed by atoms with Crippen LogP contribution in [-0.2, 0) is 12.8 Å². The molecule has 0 aliphatic heterocycles. The normalized spacial score (nSPS) is 14.1.